The van der Waals surface area contributed by atoms with E-state index in [0.29, 0.717) is 10.6 Å². The molecule has 0 aliphatic rings. The Bertz CT molecular complexity index is 1600. The van der Waals surface area contributed by atoms with Gasteiger partial charge in [0.1, 0.15) is 23.6 Å². The van der Waals surface area contributed by atoms with Crippen molar-refractivity contribution in [2.24, 2.45) is 14.1 Å². The van der Waals surface area contributed by atoms with Gasteiger partial charge in [-0.1, -0.05) is 0 Å². The van der Waals surface area contributed by atoms with Crippen molar-refractivity contribution in [3.8, 4) is 11.5 Å². The number of aryl methyl sites for hydroxylation is 1. The van der Waals surface area contributed by atoms with Crippen molar-refractivity contribution in [3.63, 3.8) is 0 Å². The zero-order valence-electron chi connectivity index (χ0n) is 20.3. The number of fused-ring (bicyclic) bond motifs is 1. The largest absolute Gasteiger partial charge is 0.507 e. The van der Waals surface area contributed by atoms with Gasteiger partial charge >= 0.3 is 17.6 Å². The van der Waals surface area contributed by atoms with E-state index in [0.717, 1.165) is 15.5 Å². The van der Waals surface area contributed by atoms with Crippen molar-refractivity contribution in [2.75, 3.05) is 13.7 Å². The van der Waals surface area contributed by atoms with E-state index in [1.54, 1.807) is 0 Å². The van der Waals surface area contributed by atoms with Crippen LogP contribution in [0.3, 0.4) is 0 Å². The first-order chi connectivity index (χ1) is 17.9. The maximum absolute atomic E-state index is 12.8. The molecular formula is C22H21N5O11. The molecule has 0 fully saturated rings. The van der Waals surface area contributed by atoms with E-state index in [4.69, 9.17) is 9.47 Å². The highest BCUT2D eigenvalue weighted by Crippen LogP contribution is 2.27. The predicted molar refractivity (Wildman–Crippen MR) is 127 cm³/mol. The summed E-state index contributed by atoms with van der Waals surface area (Å²) in [5.41, 5.74) is -2.00. The quantitative estimate of drug-likeness (QED) is 0.0542. The van der Waals surface area contributed by atoms with E-state index in [2.05, 4.69) is 9.82 Å². The molecule has 0 atom stereocenters. The average molecular weight is 531 g/mol. The molecule has 3 rings (SSSR count). The van der Waals surface area contributed by atoms with Crippen LogP contribution in [0.15, 0.2) is 40.2 Å². The maximum atomic E-state index is 12.8. The number of aliphatic hydroxyl groups excluding tert-OH is 1. The van der Waals surface area contributed by atoms with Crippen LogP contribution in [0.2, 0.25) is 0 Å². The van der Waals surface area contributed by atoms with Crippen LogP contribution in [0.5, 0.6) is 11.5 Å². The molecule has 0 radical (unpaired) electrons. The summed E-state index contributed by atoms with van der Waals surface area (Å²) in [5.74, 6) is -3.86. The number of hydrogen-bond acceptors (Lipinski definition) is 12. The third-order valence-electron chi connectivity index (χ3n) is 5.21. The summed E-state index contributed by atoms with van der Waals surface area (Å²) in [6.45, 7) is -0.306. The standard InChI is InChI=1S/C22H21N5O11/c1-24-19-18(21(32)25(2)22(24)33)26(11-23-19)20(31)16(29)10-15(28)12-7-13(36-3)9-14(8-12)38-17(30)5-4-6-37-27(34)35/h7-11,28H,4-6H2,1-3H3. The number of allylic oxidation sites excluding steroid dienone is 1. The molecule has 1 N–H and O–H groups in total. The first kappa shape index (κ1) is 27.3. The number of ether oxygens (including phenoxy) is 2. The molecule has 16 nitrogen and oxygen atoms in total. The lowest BCUT2D eigenvalue weighted by Gasteiger charge is -2.10. The zero-order valence-corrected chi connectivity index (χ0v) is 20.3. The van der Waals surface area contributed by atoms with Gasteiger partial charge in [0.05, 0.1) is 13.7 Å². The van der Waals surface area contributed by atoms with Gasteiger partial charge < -0.3 is 19.4 Å². The van der Waals surface area contributed by atoms with E-state index in [9.17, 15) is 39.2 Å². The van der Waals surface area contributed by atoms with Gasteiger partial charge in [-0.05, 0) is 18.6 Å². The van der Waals surface area contributed by atoms with Crippen molar-refractivity contribution >= 4 is 34.6 Å². The molecule has 0 spiro atoms. The fourth-order valence-electron chi connectivity index (χ4n) is 3.32. The predicted octanol–water partition coefficient (Wildman–Crippen LogP) is 0.145. The third-order valence-corrected chi connectivity index (χ3v) is 5.21. The molecular weight excluding hydrogens is 510 g/mol. The van der Waals surface area contributed by atoms with E-state index >= 15 is 0 Å². The molecule has 2 heterocycles. The molecule has 0 saturated carbocycles. The Morgan fingerprint density at radius 3 is 2.47 bits per heavy atom. The second kappa shape index (κ2) is 11.2. The molecule has 2 aromatic heterocycles. The summed E-state index contributed by atoms with van der Waals surface area (Å²) < 4.78 is 12.7. The van der Waals surface area contributed by atoms with Crippen molar-refractivity contribution in [3.05, 3.63) is 67.1 Å². The number of esters is 1. The average Bonchev–Trinajstić information content (AvgIpc) is 3.33. The van der Waals surface area contributed by atoms with E-state index in [1.165, 1.54) is 39.4 Å². The number of benzene rings is 1. The van der Waals surface area contributed by atoms with Crippen LogP contribution in [-0.4, -0.2) is 60.3 Å². The van der Waals surface area contributed by atoms with Crippen LogP contribution in [0.4, 0.5) is 0 Å². The lowest BCUT2D eigenvalue weighted by molar-refractivity contribution is -0.757. The van der Waals surface area contributed by atoms with Crippen LogP contribution in [-0.2, 0) is 28.5 Å². The smallest absolute Gasteiger partial charge is 0.332 e. The van der Waals surface area contributed by atoms with Gasteiger partial charge in [0.2, 0.25) is 5.78 Å². The molecule has 0 aliphatic carbocycles. The summed E-state index contributed by atoms with van der Waals surface area (Å²) in [5, 5.41) is 19.7. The highest BCUT2D eigenvalue weighted by molar-refractivity contribution is 6.43. The van der Waals surface area contributed by atoms with E-state index in [1.807, 2.05) is 0 Å². The number of aliphatic hydroxyl groups is 1. The number of ketones is 1. The molecule has 0 unspecified atom stereocenters. The van der Waals surface area contributed by atoms with E-state index in [-0.39, 0.29) is 47.7 Å². The van der Waals surface area contributed by atoms with Crippen LogP contribution in [0.25, 0.3) is 16.9 Å². The molecule has 1 aromatic carbocycles. The fraction of sp³-hybridized carbons (Fsp3) is 0.273. The minimum atomic E-state index is -1.23. The van der Waals surface area contributed by atoms with Crippen LogP contribution < -0.4 is 20.7 Å². The van der Waals surface area contributed by atoms with Crippen molar-refractivity contribution in [1.29, 1.82) is 0 Å². The molecule has 0 aliphatic heterocycles. The van der Waals surface area contributed by atoms with Gasteiger partial charge in [0.15, 0.2) is 11.2 Å². The first-order valence-corrected chi connectivity index (χ1v) is 10.7. The van der Waals surface area contributed by atoms with Crippen molar-refractivity contribution in [1.82, 2.24) is 18.7 Å². The Kier molecular flexibility index (Phi) is 8.04. The maximum Gasteiger partial charge on any atom is 0.332 e. The number of methoxy groups -OCH3 is 1. The highest BCUT2D eigenvalue weighted by Gasteiger charge is 2.23. The van der Waals surface area contributed by atoms with Gasteiger partial charge in [-0.25, -0.2) is 9.78 Å². The lowest BCUT2D eigenvalue weighted by atomic mass is 10.1. The Morgan fingerprint density at radius 2 is 1.82 bits per heavy atom. The summed E-state index contributed by atoms with van der Waals surface area (Å²) in [6.07, 6.45) is 1.31. The number of rotatable bonds is 10. The highest BCUT2D eigenvalue weighted by atomic mass is 16.9. The van der Waals surface area contributed by atoms with E-state index < -0.39 is 39.8 Å². The van der Waals surface area contributed by atoms with Gasteiger partial charge in [-0.15, -0.1) is 10.1 Å². The SMILES string of the molecule is COc1cc(OC(=O)CCCO[N+](=O)[O-])cc(C(O)=CC(=O)C(=O)n2cnc3c2c(=O)n(C)c(=O)n3C)c1. The number of carbonyl (C=O) groups excluding carboxylic acids is 3. The molecule has 200 valence electrons. The Morgan fingerprint density at radius 1 is 1.13 bits per heavy atom. The van der Waals surface area contributed by atoms with Gasteiger partial charge in [-0.3, -0.25) is 32.9 Å². The summed E-state index contributed by atoms with van der Waals surface area (Å²) in [7, 11) is 3.84. The molecule has 0 saturated heterocycles. The summed E-state index contributed by atoms with van der Waals surface area (Å²) in [4.78, 5) is 80.2. The molecule has 38 heavy (non-hydrogen) atoms. The third kappa shape index (κ3) is 5.75. The van der Waals surface area contributed by atoms with Crippen LogP contribution in [0, 0.1) is 10.1 Å². The molecule has 0 bridgehead atoms. The number of nitrogens with zero attached hydrogens (tertiary/aromatic N) is 5. The number of carbonyl (C=O) groups is 3. The molecule has 16 heteroatoms. The van der Waals surface area contributed by atoms with Crippen LogP contribution in [0.1, 0.15) is 23.2 Å². The second-order valence-corrected chi connectivity index (χ2v) is 7.72. The molecule has 0 amide bonds. The van der Waals surface area contributed by atoms with Crippen molar-refractivity contribution < 1.29 is 38.9 Å². The molecule has 3 aromatic rings. The zero-order chi connectivity index (χ0) is 28.1. The monoisotopic (exact) mass is 531 g/mol. The van der Waals surface area contributed by atoms with Gasteiger partial charge in [0.25, 0.3) is 10.6 Å². The summed E-state index contributed by atoms with van der Waals surface area (Å²) >= 11 is 0. The minimum Gasteiger partial charge on any atom is -0.507 e. The number of hydrogen-bond donors (Lipinski definition) is 1. The topological polar surface area (TPSA) is 204 Å². The summed E-state index contributed by atoms with van der Waals surface area (Å²) in [6, 6.07) is 3.80. The minimum absolute atomic E-state index is 0.0125. The Hall–Kier alpha value is -5.28. The number of imidazole rings is 1. The normalized spacial score (nSPS) is 11.3. The number of aromatic nitrogens is 4. The first-order valence-electron chi connectivity index (χ1n) is 10.7. The van der Waals surface area contributed by atoms with Crippen molar-refractivity contribution in [2.45, 2.75) is 12.8 Å². The van der Waals surface area contributed by atoms with Gasteiger partial charge in [-0.2, -0.15) is 0 Å². The van der Waals surface area contributed by atoms with Gasteiger partial charge in [0, 0.05) is 38.2 Å². The Labute approximate surface area is 212 Å². The lowest BCUT2D eigenvalue weighted by Crippen LogP contribution is -2.38. The van der Waals surface area contributed by atoms with Crippen LogP contribution >= 0.6 is 0 Å². The second-order valence-electron chi connectivity index (χ2n) is 7.72. The fourth-order valence-corrected chi connectivity index (χ4v) is 3.32. The Balaban J connectivity index is 1.85.